The van der Waals surface area contributed by atoms with E-state index < -0.39 is 0 Å². The second kappa shape index (κ2) is 5.21. The first-order chi connectivity index (χ1) is 8.94. The molecule has 0 bridgehead atoms. The number of carbonyl (C=O) groups is 1. The largest absolute Gasteiger partial charge is 0.497 e. The van der Waals surface area contributed by atoms with E-state index in [1.165, 1.54) is 0 Å². The number of nitrogens with two attached hydrogens (primary N) is 1. The summed E-state index contributed by atoms with van der Waals surface area (Å²) in [6, 6.07) is 7.60. The molecule has 4 nitrogen and oxygen atoms in total. The van der Waals surface area contributed by atoms with Gasteiger partial charge in [-0.2, -0.15) is 0 Å². The molecular formula is C15H22N2O2. The molecule has 1 heterocycles. The summed E-state index contributed by atoms with van der Waals surface area (Å²) >= 11 is 0. The van der Waals surface area contributed by atoms with E-state index >= 15 is 0 Å². The minimum atomic E-state index is -0.199. The average molecular weight is 262 g/mol. The molecule has 104 valence electrons. The zero-order valence-electron chi connectivity index (χ0n) is 11.8. The van der Waals surface area contributed by atoms with Crippen LogP contribution in [-0.2, 0) is 11.2 Å². The minimum absolute atomic E-state index is 0.145. The van der Waals surface area contributed by atoms with E-state index in [4.69, 9.17) is 10.5 Å². The molecule has 1 saturated heterocycles. The van der Waals surface area contributed by atoms with Crippen LogP contribution in [0, 0.1) is 5.92 Å². The van der Waals surface area contributed by atoms with E-state index in [0.29, 0.717) is 25.4 Å². The van der Waals surface area contributed by atoms with E-state index in [2.05, 4.69) is 13.8 Å². The number of benzene rings is 1. The zero-order chi connectivity index (χ0) is 14.0. The van der Waals surface area contributed by atoms with Crippen LogP contribution >= 0.6 is 0 Å². The fourth-order valence-electron chi connectivity index (χ4n) is 2.24. The van der Waals surface area contributed by atoms with Crippen molar-refractivity contribution in [2.45, 2.75) is 25.8 Å². The minimum Gasteiger partial charge on any atom is -0.497 e. The SMILES string of the molecule is COc1ccc(CC(=O)N2CC(N)(C(C)C)C2)cc1. The molecule has 1 aromatic rings. The first-order valence-electron chi connectivity index (χ1n) is 6.64. The number of carbonyl (C=O) groups excluding carboxylic acids is 1. The summed E-state index contributed by atoms with van der Waals surface area (Å²) in [5.41, 5.74) is 7.00. The molecule has 1 aromatic carbocycles. The van der Waals surface area contributed by atoms with Crippen LogP contribution in [0.2, 0.25) is 0 Å². The first kappa shape index (κ1) is 13.9. The Hall–Kier alpha value is -1.55. The third-order valence-electron chi connectivity index (χ3n) is 3.99. The summed E-state index contributed by atoms with van der Waals surface area (Å²) in [6.45, 7) is 5.54. The number of ether oxygens (including phenoxy) is 1. The van der Waals surface area contributed by atoms with Crippen LogP contribution in [0.1, 0.15) is 19.4 Å². The molecule has 1 amide bonds. The lowest BCUT2D eigenvalue weighted by molar-refractivity contribution is -0.139. The van der Waals surface area contributed by atoms with Crippen molar-refractivity contribution in [3.05, 3.63) is 29.8 Å². The topological polar surface area (TPSA) is 55.6 Å². The van der Waals surface area contributed by atoms with Crippen molar-refractivity contribution >= 4 is 5.91 Å². The van der Waals surface area contributed by atoms with Crippen LogP contribution in [0.3, 0.4) is 0 Å². The highest BCUT2D eigenvalue weighted by molar-refractivity contribution is 5.80. The van der Waals surface area contributed by atoms with Crippen molar-refractivity contribution < 1.29 is 9.53 Å². The number of amides is 1. The van der Waals surface area contributed by atoms with Gasteiger partial charge in [0.05, 0.1) is 19.1 Å². The molecular weight excluding hydrogens is 240 g/mol. The number of hydrogen-bond donors (Lipinski definition) is 1. The summed E-state index contributed by atoms with van der Waals surface area (Å²) in [5.74, 6) is 1.35. The number of methoxy groups -OCH3 is 1. The van der Waals surface area contributed by atoms with Gasteiger partial charge in [0.15, 0.2) is 0 Å². The zero-order valence-corrected chi connectivity index (χ0v) is 11.8. The summed E-state index contributed by atoms with van der Waals surface area (Å²) in [6.07, 6.45) is 0.429. The van der Waals surface area contributed by atoms with E-state index in [1.807, 2.05) is 29.2 Å². The predicted octanol–water partition coefficient (Wildman–Crippen LogP) is 1.43. The highest BCUT2D eigenvalue weighted by Gasteiger charge is 2.43. The maximum Gasteiger partial charge on any atom is 0.227 e. The Kier molecular flexibility index (Phi) is 3.80. The van der Waals surface area contributed by atoms with Crippen LogP contribution in [0.4, 0.5) is 0 Å². The van der Waals surface area contributed by atoms with E-state index in [0.717, 1.165) is 11.3 Å². The highest BCUT2D eigenvalue weighted by Crippen LogP contribution is 2.26. The number of likely N-dealkylation sites (tertiary alicyclic amines) is 1. The lowest BCUT2D eigenvalue weighted by atomic mass is 9.80. The summed E-state index contributed by atoms with van der Waals surface area (Å²) < 4.78 is 5.10. The number of rotatable bonds is 4. The van der Waals surface area contributed by atoms with Crippen molar-refractivity contribution in [1.82, 2.24) is 4.90 Å². The second-order valence-electron chi connectivity index (χ2n) is 5.66. The third-order valence-corrected chi connectivity index (χ3v) is 3.99. The number of nitrogens with zero attached hydrogens (tertiary/aromatic N) is 1. The van der Waals surface area contributed by atoms with Gasteiger partial charge in [-0.15, -0.1) is 0 Å². The lowest BCUT2D eigenvalue weighted by Crippen LogP contribution is -2.71. The summed E-state index contributed by atoms with van der Waals surface area (Å²) in [5, 5.41) is 0. The molecule has 0 atom stereocenters. The fraction of sp³-hybridized carbons (Fsp3) is 0.533. The fourth-order valence-corrected chi connectivity index (χ4v) is 2.24. The van der Waals surface area contributed by atoms with Crippen LogP contribution in [0.5, 0.6) is 5.75 Å². The maximum absolute atomic E-state index is 12.1. The molecule has 0 aromatic heterocycles. The highest BCUT2D eigenvalue weighted by atomic mass is 16.5. The second-order valence-corrected chi connectivity index (χ2v) is 5.66. The molecule has 19 heavy (non-hydrogen) atoms. The van der Waals surface area contributed by atoms with Crippen LogP contribution in [-0.4, -0.2) is 36.5 Å². The Labute approximate surface area is 114 Å². The summed E-state index contributed by atoms with van der Waals surface area (Å²) in [7, 11) is 1.63. The molecule has 0 radical (unpaired) electrons. The van der Waals surface area contributed by atoms with E-state index in [9.17, 15) is 4.79 Å². The molecule has 0 aliphatic carbocycles. The van der Waals surface area contributed by atoms with Crippen LogP contribution in [0.25, 0.3) is 0 Å². The van der Waals surface area contributed by atoms with Gasteiger partial charge in [0.1, 0.15) is 5.75 Å². The van der Waals surface area contributed by atoms with Gasteiger partial charge in [-0.05, 0) is 23.6 Å². The molecule has 0 unspecified atom stereocenters. The average Bonchev–Trinajstić information content (AvgIpc) is 2.35. The first-order valence-corrected chi connectivity index (χ1v) is 6.64. The summed E-state index contributed by atoms with van der Waals surface area (Å²) in [4.78, 5) is 13.9. The normalized spacial score (nSPS) is 17.2. The smallest absolute Gasteiger partial charge is 0.227 e. The van der Waals surface area contributed by atoms with E-state index in [-0.39, 0.29) is 11.4 Å². The Morgan fingerprint density at radius 1 is 1.37 bits per heavy atom. The van der Waals surface area contributed by atoms with Gasteiger partial charge >= 0.3 is 0 Å². The molecule has 0 saturated carbocycles. The Balaban J connectivity index is 1.89. The Morgan fingerprint density at radius 3 is 2.42 bits per heavy atom. The van der Waals surface area contributed by atoms with Gasteiger partial charge in [0, 0.05) is 13.1 Å². The molecule has 0 spiro atoms. The van der Waals surface area contributed by atoms with Gasteiger partial charge in [-0.3, -0.25) is 4.79 Å². The molecule has 1 aliphatic heterocycles. The number of hydrogen-bond acceptors (Lipinski definition) is 3. The van der Waals surface area contributed by atoms with Gasteiger partial charge in [0.2, 0.25) is 5.91 Å². The molecule has 2 N–H and O–H groups in total. The maximum atomic E-state index is 12.1. The molecule has 1 aliphatic rings. The van der Waals surface area contributed by atoms with Crippen molar-refractivity contribution in [2.75, 3.05) is 20.2 Å². The van der Waals surface area contributed by atoms with Crippen molar-refractivity contribution in [3.63, 3.8) is 0 Å². The van der Waals surface area contributed by atoms with Crippen molar-refractivity contribution in [1.29, 1.82) is 0 Å². The van der Waals surface area contributed by atoms with Crippen LogP contribution < -0.4 is 10.5 Å². The molecule has 4 heteroatoms. The van der Waals surface area contributed by atoms with E-state index in [1.54, 1.807) is 7.11 Å². The Bertz CT molecular complexity index is 448. The van der Waals surface area contributed by atoms with Gasteiger partial charge in [-0.1, -0.05) is 26.0 Å². The standard InChI is InChI=1S/C15H22N2O2/c1-11(2)15(16)9-17(10-15)14(18)8-12-4-6-13(19-3)7-5-12/h4-7,11H,8-10,16H2,1-3H3. The quantitative estimate of drug-likeness (QED) is 0.893. The Morgan fingerprint density at radius 2 is 1.95 bits per heavy atom. The predicted molar refractivity (Wildman–Crippen MR) is 75.0 cm³/mol. The lowest BCUT2D eigenvalue weighted by Gasteiger charge is -2.50. The van der Waals surface area contributed by atoms with Gasteiger partial charge in [-0.25, -0.2) is 0 Å². The van der Waals surface area contributed by atoms with Gasteiger partial charge in [0.25, 0.3) is 0 Å². The monoisotopic (exact) mass is 262 g/mol. The third kappa shape index (κ3) is 2.89. The molecule has 1 fully saturated rings. The van der Waals surface area contributed by atoms with Crippen LogP contribution in [0.15, 0.2) is 24.3 Å². The van der Waals surface area contributed by atoms with Crippen molar-refractivity contribution in [3.8, 4) is 5.75 Å². The van der Waals surface area contributed by atoms with Gasteiger partial charge < -0.3 is 15.4 Å². The van der Waals surface area contributed by atoms with Crippen molar-refractivity contribution in [2.24, 2.45) is 11.7 Å². The molecule has 2 rings (SSSR count).